The smallest absolute Gasteiger partial charge is 0.322 e. The Morgan fingerprint density at radius 2 is 1.37 bits per heavy atom. The van der Waals surface area contributed by atoms with E-state index in [2.05, 4.69) is 33.2 Å². The SMILES string of the molecule is COc1cccc(-c2nc(C3CC(c4ccc(-c5nc(C6CN(C(=O)Nc7cccc(N(C)C)c7)C6)n6ccccc56)cc4OC)CN3C(=O)Nc3ccccc3F)n3ccccc23)c1. The molecule has 2 aliphatic rings. The number of carbonyl (C=O) groups is 2. The molecule has 13 nitrogen and oxygen atoms in total. The number of aromatic nitrogens is 4. The van der Waals surface area contributed by atoms with Crippen molar-refractivity contribution < 1.29 is 23.5 Å². The van der Waals surface area contributed by atoms with Gasteiger partial charge in [-0.25, -0.2) is 23.9 Å². The maximum absolute atomic E-state index is 15.0. The number of rotatable bonds is 10. The molecule has 0 aliphatic carbocycles. The Bertz CT molecular complexity index is 3090. The Kier molecular flexibility index (Phi) is 10.8. The standard InChI is InChI=1S/C51H48FN9O4/c1-57(2)37-15-12-14-36(28-37)53-50(62)58-29-35(30-58)48-55-47(42-19-7-9-23-59(42)48)33-21-22-39(45(27-33)65-4)34-26-44(61(31-34)51(63)54-41-18-6-5-17-40(41)52)49-56-46(43-20-8-10-24-60(43)49)32-13-11-16-38(25-32)64-3/h5-25,27-28,34-35,44H,26,29-31H2,1-4H3,(H,53,62)(H,54,63). The molecule has 2 aliphatic heterocycles. The number of anilines is 3. The highest BCUT2D eigenvalue weighted by molar-refractivity contribution is 5.91. The number of halogens is 1. The first-order valence-corrected chi connectivity index (χ1v) is 21.6. The molecule has 2 unspecified atom stereocenters. The van der Waals surface area contributed by atoms with Crippen LogP contribution in [-0.4, -0.2) is 88.6 Å². The van der Waals surface area contributed by atoms with Gasteiger partial charge in [-0.2, -0.15) is 0 Å². The van der Waals surface area contributed by atoms with E-state index in [1.807, 2.05) is 121 Å². The molecule has 65 heavy (non-hydrogen) atoms. The highest BCUT2D eigenvalue weighted by Crippen LogP contribution is 2.46. The van der Waals surface area contributed by atoms with Gasteiger partial charge in [0, 0.05) is 74.5 Å². The maximum Gasteiger partial charge on any atom is 0.322 e. The van der Waals surface area contributed by atoms with Gasteiger partial charge in [0.2, 0.25) is 0 Å². The van der Waals surface area contributed by atoms with E-state index in [1.165, 1.54) is 6.07 Å². The third kappa shape index (κ3) is 7.70. The predicted octanol–water partition coefficient (Wildman–Crippen LogP) is 9.93. The van der Waals surface area contributed by atoms with Gasteiger partial charge < -0.3 is 43.6 Å². The fraction of sp³-hybridized carbons (Fsp3) is 0.216. The first kappa shape index (κ1) is 41.2. The van der Waals surface area contributed by atoms with Gasteiger partial charge in [0.25, 0.3) is 0 Å². The summed E-state index contributed by atoms with van der Waals surface area (Å²) in [5.41, 5.74) is 7.92. The normalized spacial score (nSPS) is 16.1. The Balaban J connectivity index is 0.952. The van der Waals surface area contributed by atoms with Crippen LogP contribution < -0.4 is 25.0 Å². The third-order valence-electron chi connectivity index (χ3n) is 12.6. The van der Waals surface area contributed by atoms with Crippen LogP contribution in [0, 0.1) is 5.82 Å². The number of pyridine rings is 2. The number of benzene rings is 4. The molecule has 0 spiro atoms. The summed E-state index contributed by atoms with van der Waals surface area (Å²) >= 11 is 0. The number of urea groups is 2. The maximum atomic E-state index is 15.0. The summed E-state index contributed by atoms with van der Waals surface area (Å²) in [4.78, 5) is 43.6. The number of nitrogens with zero attached hydrogens (tertiary/aromatic N) is 7. The van der Waals surface area contributed by atoms with E-state index in [-0.39, 0.29) is 23.6 Å². The first-order chi connectivity index (χ1) is 31.7. The van der Waals surface area contributed by atoms with E-state index in [4.69, 9.17) is 19.4 Å². The number of amides is 4. The van der Waals surface area contributed by atoms with Crippen molar-refractivity contribution in [1.29, 1.82) is 0 Å². The summed E-state index contributed by atoms with van der Waals surface area (Å²) < 4.78 is 30.8. The number of fused-ring (bicyclic) bond motifs is 2. The Morgan fingerprint density at radius 1 is 0.677 bits per heavy atom. The Hall–Kier alpha value is -7.87. The molecule has 2 N–H and O–H groups in total. The summed E-state index contributed by atoms with van der Waals surface area (Å²) in [5.74, 6) is 2.29. The van der Waals surface area contributed by atoms with Crippen LogP contribution >= 0.6 is 0 Å². The van der Waals surface area contributed by atoms with Crippen molar-refractivity contribution >= 4 is 40.2 Å². The number of para-hydroxylation sites is 1. The molecular weight excluding hydrogens is 822 g/mol. The highest BCUT2D eigenvalue weighted by Gasteiger charge is 2.41. The summed E-state index contributed by atoms with van der Waals surface area (Å²) in [5, 5.41) is 5.88. The van der Waals surface area contributed by atoms with Crippen LogP contribution in [0.4, 0.5) is 31.0 Å². The molecule has 2 fully saturated rings. The second-order valence-corrected chi connectivity index (χ2v) is 16.7. The second kappa shape index (κ2) is 17.0. The van der Waals surface area contributed by atoms with Crippen molar-refractivity contribution in [1.82, 2.24) is 28.6 Å². The van der Waals surface area contributed by atoms with Crippen molar-refractivity contribution in [2.75, 3.05) is 63.5 Å². The van der Waals surface area contributed by atoms with Crippen LogP contribution in [0.5, 0.6) is 11.5 Å². The minimum Gasteiger partial charge on any atom is -0.497 e. The van der Waals surface area contributed by atoms with Crippen LogP contribution in [0.2, 0.25) is 0 Å². The van der Waals surface area contributed by atoms with Gasteiger partial charge in [-0.1, -0.05) is 54.6 Å². The van der Waals surface area contributed by atoms with Crippen LogP contribution in [0.3, 0.4) is 0 Å². The molecule has 2 saturated heterocycles. The first-order valence-electron chi connectivity index (χ1n) is 21.6. The van der Waals surface area contributed by atoms with Crippen LogP contribution in [-0.2, 0) is 0 Å². The topological polar surface area (TPSA) is 121 Å². The van der Waals surface area contributed by atoms with Gasteiger partial charge in [-0.3, -0.25) is 0 Å². The lowest BCUT2D eigenvalue weighted by Crippen LogP contribution is -2.50. The molecule has 4 aromatic heterocycles. The molecule has 0 radical (unpaired) electrons. The van der Waals surface area contributed by atoms with E-state index in [1.54, 1.807) is 42.2 Å². The molecule has 2 atom stereocenters. The van der Waals surface area contributed by atoms with E-state index < -0.39 is 17.9 Å². The molecule has 8 aromatic rings. The molecule has 0 bridgehead atoms. The average Bonchev–Trinajstić information content (AvgIpc) is 4.04. The third-order valence-corrected chi connectivity index (χ3v) is 12.6. The van der Waals surface area contributed by atoms with E-state index >= 15 is 0 Å². The van der Waals surface area contributed by atoms with Gasteiger partial charge in [0.15, 0.2) is 0 Å². The Morgan fingerprint density at radius 3 is 2.09 bits per heavy atom. The molecule has 0 saturated carbocycles. The minimum atomic E-state index is -0.519. The van der Waals surface area contributed by atoms with Gasteiger partial charge in [0.05, 0.1) is 54.3 Å². The molecule has 4 aromatic carbocycles. The van der Waals surface area contributed by atoms with Crippen LogP contribution in [0.1, 0.15) is 41.5 Å². The zero-order chi connectivity index (χ0) is 44.8. The second-order valence-electron chi connectivity index (χ2n) is 16.7. The van der Waals surface area contributed by atoms with Crippen molar-refractivity contribution in [3.8, 4) is 34.0 Å². The van der Waals surface area contributed by atoms with E-state index in [0.29, 0.717) is 43.4 Å². The van der Waals surface area contributed by atoms with Crippen LogP contribution in [0.25, 0.3) is 33.5 Å². The molecule has 10 rings (SSSR count). The van der Waals surface area contributed by atoms with Gasteiger partial charge in [-0.15, -0.1) is 0 Å². The van der Waals surface area contributed by atoms with E-state index in [0.717, 1.165) is 56.3 Å². The highest BCUT2D eigenvalue weighted by atomic mass is 19.1. The van der Waals surface area contributed by atoms with Crippen molar-refractivity contribution in [3.05, 3.63) is 163 Å². The van der Waals surface area contributed by atoms with Gasteiger partial charge in [-0.05, 0) is 84.8 Å². The number of carbonyl (C=O) groups excluding carboxylic acids is 2. The number of hydrogen-bond donors (Lipinski definition) is 2. The fourth-order valence-corrected chi connectivity index (χ4v) is 9.19. The average molecular weight is 870 g/mol. The van der Waals surface area contributed by atoms with Crippen molar-refractivity contribution in [3.63, 3.8) is 0 Å². The molecular formula is C51H48FN9O4. The lowest BCUT2D eigenvalue weighted by molar-refractivity contribution is 0.160. The van der Waals surface area contributed by atoms with Crippen molar-refractivity contribution in [2.45, 2.75) is 24.3 Å². The van der Waals surface area contributed by atoms with Crippen molar-refractivity contribution in [2.24, 2.45) is 0 Å². The lowest BCUT2D eigenvalue weighted by Gasteiger charge is -2.38. The summed E-state index contributed by atoms with van der Waals surface area (Å²) in [6, 6.07) is 38.7. The number of methoxy groups -OCH3 is 2. The fourth-order valence-electron chi connectivity index (χ4n) is 9.19. The zero-order valence-corrected chi connectivity index (χ0v) is 36.5. The molecule has 6 heterocycles. The molecule has 14 heteroatoms. The quantitative estimate of drug-likeness (QED) is 0.140. The number of likely N-dealkylation sites (tertiary alicyclic amines) is 2. The number of hydrogen-bond acceptors (Lipinski definition) is 7. The lowest BCUT2D eigenvalue weighted by atomic mass is 9.93. The van der Waals surface area contributed by atoms with Gasteiger partial charge >= 0.3 is 12.1 Å². The van der Waals surface area contributed by atoms with E-state index in [9.17, 15) is 14.0 Å². The summed E-state index contributed by atoms with van der Waals surface area (Å²) in [6.07, 6.45) is 4.50. The number of ether oxygens (including phenoxy) is 2. The molecule has 328 valence electrons. The minimum absolute atomic E-state index is 0.0405. The zero-order valence-electron chi connectivity index (χ0n) is 36.5. The molecule has 4 amide bonds. The monoisotopic (exact) mass is 869 g/mol. The largest absolute Gasteiger partial charge is 0.497 e. The van der Waals surface area contributed by atoms with Crippen LogP contribution in [0.15, 0.2) is 140 Å². The Labute approximate surface area is 375 Å². The van der Waals surface area contributed by atoms with Gasteiger partial charge in [0.1, 0.15) is 29.0 Å². The number of imidazole rings is 2. The predicted molar refractivity (Wildman–Crippen MR) is 251 cm³/mol. The summed E-state index contributed by atoms with van der Waals surface area (Å²) in [7, 11) is 7.23. The summed E-state index contributed by atoms with van der Waals surface area (Å²) in [6.45, 7) is 1.39. The number of nitrogens with one attached hydrogen (secondary N) is 2.